The molecule has 4 saturated carbocycles. The van der Waals surface area contributed by atoms with Crippen molar-refractivity contribution in [1.82, 2.24) is 30.2 Å². The van der Waals surface area contributed by atoms with Crippen molar-refractivity contribution in [3.8, 4) is 0 Å². The zero-order valence-corrected chi connectivity index (χ0v) is 45.7. The lowest BCUT2D eigenvalue weighted by atomic mass is 9.44. The van der Waals surface area contributed by atoms with E-state index in [0.717, 1.165) is 60.7 Å². The SMILES string of the molecule is C[C@H](CCC(=O)SCCNC(=O)CCNC(=O)[C@H](O)C(C)(C)COP(=O)([O-])OP(=O)([O-])OC[C@H]1O[C@@H](n2cnc3c(N)ncnc32)[C@H](O)[C@@H]1OP(=O)([O-])[O-])[C@H]1CCC2C3CCC4C[C@H](O)CC[C@]4(C)C3CC[C@@]21C. The molecule has 7 rings (SSSR count). The summed E-state index contributed by atoms with van der Waals surface area (Å²) < 4.78 is 61.1. The van der Waals surface area contributed by atoms with Crippen LogP contribution in [-0.2, 0) is 50.7 Å². The Morgan fingerprint density at radius 1 is 0.946 bits per heavy atom. The first-order chi connectivity index (χ1) is 34.5. The fraction of sp³-hybridized carbons (Fsp3) is 0.822. The van der Waals surface area contributed by atoms with Crippen molar-refractivity contribution in [1.29, 1.82) is 0 Å². The van der Waals surface area contributed by atoms with Crippen LogP contribution >= 0.6 is 35.2 Å². The van der Waals surface area contributed by atoms with Gasteiger partial charge < -0.3 is 74.1 Å². The molecule has 6 unspecified atom stereocenters. The monoisotopic (exact) mass is 1120 g/mol. The number of nitrogens with zero attached hydrogens (tertiary/aromatic N) is 4. The van der Waals surface area contributed by atoms with Gasteiger partial charge in [-0.3, -0.25) is 28.1 Å². The molecule has 2 amide bonds. The Labute approximate surface area is 434 Å². The molecule has 418 valence electrons. The highest BCUT2D eigenvalue weighted by molar-refractivity contribution is 8.13. The molecule has 3 heterocycles. The Balaban J connectivity index is 0.774. The van der Waals surface area contributed by atoms with Crippen LogP contribution in [0.25, 0.3) is 11.2 Å². The standard InChI is InChI=1S/C45H74N7O18P3S/c1-25(29-9-10-30-28-8-7-26-20-27(53)12-15-44(26,4)31(28)13-16-45(29,30)5)6-11-34(55)74-19-18-47-33(54)14-17-48-41(58)38(57)43(2,3)22-67-73(64,65)70-72(62,63)66-21-32-37(69-71(59,60)61)36(56)42(68-32)52-24-51-35-39(46)49-23-50-40(35)52/h23-32,36-38,42,53,56-57H,6-22H2,1-5H3,(H,47,54)(H,48,58)(H,62,63)(H,64,65)(H2,46,49,50)(H2,59,60,61)/p-4/t25-,26?,27-,28?,29-,30?,31?,32-,36-,37-,38+,42-,44+,45-/m1/s1. The van der Waals surface area contributed by atoms with Gasteiger partial charge in [0.05, 0.1) is 33.5 Å². The van der Waals surface area contributed by atoms with Crippen molar-refractivity contribution in [3.05, 3.63) is 12.7 Å². The van der Waals surface area contributed by atoms with Crippen LogP contribution in [0.4, 0.5) is 5.82 Å². The highest BCUT2D eigenvalue weighted by Crippen LogP contribution is 2.68. The van der Waals surface area contributed by atoms with E-state index in [1.54, 1.807) is 0 Å². The van der Waals surface area contributed by atoms with Gasteiger partial charge in [0, 0.05) is 37.1 Å². The molecule has 5 aliphatic rings. The zero-order chi connectivity index (χ0) is 54.2. The summed E-state index contributed by atoms with van der Waals surface area (Å²) in [5.41, 5.74) is 4.72. The predicted molar refractivity (Wildman–Crippen MR) is 258 cm³/mol. The van der Waals surface area contributed by atoms with E-state index in [4.69, 9.17) is 10.5 Å². The smallest absolute Gasteiger partial charge is 0.274 e. The number of carbonyl (C=O) groups excluding carboxylic acids is 3. The van der Waals surface area contributed by atoms with E-state index in [9.17, 15) is 63.0 Å². The molecule has 74 heavy (non-hydrogen) atoms. The van der Waals surface area contributed by atoms with Crippen LogP contribution in [0.3, 0.4) is 0 Å². The van der Waals surface area contributed by atoms with Crippen molar-refractivity contribution in [2.45, 2.75) is 148 Å². The lowest BCUT2D eigenvalue weighted by molar-refractivity contribution is -0.347. The van der Waals surface area contributed by atoms with Gasteiger partial charge in [-0.1, -0.05) is 46.4 Å². The minimum atomic E-state index is -5.93. The van der Waals surface area contributed by atoms with E-state index in [1.807, 2.05) is 0 Å². The van der Waals surface area contributed by atoms with Gasteiger partial charge in [-0.2, -0.15) is 0 Å². The summed E-state index contributed by atoms with van der Waals surface area (Å²) in [5.74, 6) is 2.71. The second-order valence-corrected chi connectivity index (χ2v) is 27.2. The topological polar surface area (TPSA) is 395 Å². The average molecular weight is 1120 g/mol. The molecule has 25 nitrogen and oxygen atoms in total. The molecule has 0 aromatic carbocycles. The number of aromatic nitrogens is 4. The third-order valence-electron chi connectivity index (χ3n) is 16.9. The Hall–Kier alpha value is -2.48. The number of thioether (sulfide) groups is 1. The van der Waals surface area contributed by atoms with Crippen LogP contribution in [0.5, 0.6) is 0 Å². The summed E-state index contributed by atoms with van der Waals surface area (Å²) in [5, 5.41) is 37.1. The third kappa shape index (κ3) is 13.7. The minimum absolute atomic E-state index is 0.0193. The van der Waals surface area contributed by atoms with Gasteiger partial charge in [0.25, 0.3) is 15.6 Å². The second kappa shape index (κ2) is 23.5. The molecule has 4 aliphatic carbocycles. The summed E-state index contributed by atoms with van der Waals surface area (Å²) in [6, 6.07) is 0. The van der Waals surface area contributed by atoms with Gasteiger partial charge in [-0.15, -0.1) is 0 Å². The Morgan fingerprint density at radius 2 is 1.65 bits per heavy atom. The number of nitrogens with two attached hydrogens (primary N) is 1. The molecule has 0 spiro atoms. The first-order valence-electron chi connectivity index (χ1n) is 25.2. The zero-order valence-electron chi connectivity index (χ0n) is 42.2. The van der Waals surface area contributed by atoms with Crippen molar-refractivity contribution >= 4 is 69.1 Å². The fourth-order valence-corrected chi connectivity index (χ4v) is 16.5. The molecule has 1 aliphatic heterocycles. The number of nitrogen functional groups attached to an aromatic ring is 1. The number of hydrogen-bond acceptors (Lipinski definition) is 23. The van der Waals surface area contributed by atoms with Crippen molar-refractivity contribution in [2.75, 3.05) is 37.8 Å². The van der Waals surface area contributed by atoms with E-state index in [1.165, 1.54) is 64.1 Å². The highest BCUT2D eigenvalue weighted by Gasteiger charge is 2.60. The number of nitrogens with one attached hydrogen (secondary N) is 2. The fourth-order valence-electron chi connectivity index (χ4n) is 13.1. The Morgan fingerprint density at radius 3 is 2.38 bits per heavy atom. The molecule has 0 bridgehead atoms. The van der Waals surface area contributed by atoms with Crippen LogP contribution in [0, 0.1) is 51.8 Å². The average Bonchev–Trinajstić information content (AvgIpc) is 4.00. The Bertz CT molecular complexity index is 2490. The van der Waals surface area contributed by atoms with Gasteiger partial charge in [0.15, 0.2) is 22.8 Å². The quantitative estimate of drug-likeness (QED) is 0.0679. The van der Waals surface area contributed by atoms with Crippen LogP contribution in [-0.4, -0.2) is 114 Å². The number of imidazole rings is 1. The van der Waals surface area contributed by atoms with Crippen molar-refractivity contribution < 1.29 is 85.6 Å². The number of carbonyl (C=O) groups is 3. The van der Waals surface area contributed by atoms with Crippen molar-refractivity contribution in [2.24, 2.45) is 51.8 Å². The molecule has 2 aromatic heterocycles. The van der Waals surface area contributed by atoms with E-state index in [-0.39, 0.29) is 53.1 Å². The summed E-state index contributed by atoms with van der Waals surface area (Å²) in [6.07, 6.45) is 4.03. The number of rotatable bonds is 23. The summed E-state index contributed by atoms with van der Waals surface area (Å²) in [4.78, 5) is 98.2. The van der Waals surface area contributed by atoms with E-state index >= 15 is 0 Å². The van der Waals surface area contributed by atoms with E-state index < -0.39 is 84.6 Å². The number of anilines is 1. The largest absolute Gasteiger partial charge is 0.790 e. The highest BCUT2D eigenvalue weighted by atomic mass is 32.2. The molecule has 29 heteroatoms. The number of fused-ring (bicyclic) bond motifs is 6. The van der Waals surface area contributed by atoms with Crippen LogP contribution in [0.15, 0.2) is 12.7 Å². The van der Waals surface area contributed by atoms with Gasteiger partial charge in [0.1, 0.15) is 36.3 Å². The van der Waals surface area contributed by atoms with E-state index in [2.05, 4.69) is 64.2 Å². The second-order valence-electron chi connectivity index (χ2n) is 22.0. The number of phosphoric ester groups is 3. The lowest BCUT2D eigenvalue weighted by Gasteiger charge is -2.61. The molecule has 16 atom stereocenters. The number of hydrogen-bond donors (Lipinski definition) is 6. The number of phosphoric acid groups is 3. The molecule has 2 aromatic rings. The van der Waals surface area contributed by atoms with Crippen LogP contribution < -0.4 is 35.9 Å². The van der Waals surface area contributed by atoms with Gasteiger partial charge in [-0.25, -0.2) is 19.3 Å². The van der Waals surface area contributed by atoms with Gasteiger partial charge >= 0.3 is 0 Å². The van der Waals surface area contributed by atoms with Crippen LogP contribution in [0.2, 0.25) is 0 Å². The lowest BCUT2D eigenvalue weighted by Crippen LogP contribution is -2.54. The predicted octanol–water partition coefficient (Wildman–Crippen LogP) is 1.57. The first kappa shape index (κ1) is 59.2. The third-order valence-corrected chi connectivity index (χ3v) is 20.9. The maximum atomic E-state index is 12.9. The summed E-state index contributed by atoms with van der Waals surface area (Å²) >= 11 is 1.17. The number of aliphatic hydroxyl groups excluding tert-OH is 3. The maximum Gasteiger partial charge on any atom is 0.274 e. The number of amides is 2. The van der Waals surface area contributed by atoms with Gasteiger partial charge in [-0.05, 0) is 111 Å². The summed E-state index contributed by atoms with van der Waals surface area (Å²) in [6.45, 7) is 7.50. The molecule has 1 saturated heterocycles. The molecule has 7 N–H and O–H groups in total. The number of ether oxygens (including phenoxy) is 1. The minimum Gasteiger partial charge on any atom is -0.790 e. The molecule has 5 fully saturated rings. The maximum absolute atomic E-state index is 12.9. The Kier molecular flexibility index (Phi) is 18.8. The molecular formula is C45H70N7O18P3S-4. The summed E-state index contributed by atoms with van der Waals surface area (Å²) in [7, 11) is -17.6. The molecular weight excluding hydrogens is 1050 g/mol. The van der Waals surface area contributed by atoms with E-state index in [0.29, 0.717) is 35.3 Å². The number of aliphatic hydroxyl groups is 3. The first-order valence-corrected chi connectivity index (χ1v) is 30.6. The molecule has 0 radical (unpaired) electrons. The normalized spacial score (nSPS) is 33.6. The van der Waals surface area contributed by atoms with Gasteiger partial charge in [0.2, 0.25) is 11.8 Å². The van der Waals surface area contributed by atoms with Crippen LogP contribution in [0.1, 0.15) is 118 Å². The van der Waals surface area contributed by atoms with Crippen molar-refractivity contribution in [3.63, 3.8) is 0 Å².